The van der Waals surface area contributed by atoms with Crippen molar-refractivity contribution in [3.63, 3.8) is 0 Å². The van der Waals surface area contributed by atoms with Gasteiger partial charge in [-0.15, -0.1) is 0 Å². The van der Waals surface area contributed by atoms with Gasteiger partial charge in [0, 0.05) is 30.5 Å². The van der Waals surface area contributed by atoms with Crippen LogP contribution in [0.25, 0.3) is 0 Å². The molecule has 2 rings (SSSR count). The fourth-order valence-electron chi connectivity index (χ4n) is 2.81. The Hall–Kier alpha value is -1.09. The van der Waals surface area contributed by atoms with E-state index in [2.05, 4.69) is 44.1 Å². The lowest BCUT2D eigenvalue weighted by Gasteiger charge is -2.53. The van der Waals surface area contributed by atoms with E-state index in [9.17, 15) is 0 Å². The molecule has 1 aromatic rings. The zero-order chi connectivity index (χ0) is 13.2. The summed E-state index contributed by atoms with van der Waals surface area (Å²) in [4.78, 5) is 4.23. The minimum atomic E-state index is 0.236. The lowest BCUT2D eigenvalue weighted by molar-refractivity contribution is -0.109. The number of rotatable bonds is 5. The molecule has 1 aliphatic rings. The third kappa shape index (κ3) is 2.37. The topological polar surface area (TPSA) is 34.1 Å². The molecular weight excluding hydrogens is 224 g/mol. The first kappa shape index (κ1) is 13.3. The first-order valence-electron chi connectivity index (χ1n) is 6.90. The Labute approximate surface area is 110 Å². The lowest BCUT2D eigenvalue weighted by atomic mass is 9.61. The molecule has 1 aliphatic carbocycles. The zero-order valence-electron chi connectivity index (χ0n) is 11.9. The van der Waals surface area contributed by atoms with E-state index in [1.54, 1.807) is 0 Å². The van der Waals surface area contributed by atoms with Gasteiger partial charge in [0.05, 0.1) is 11.8 Å². The molecule has 0 saturated heterocycles. The van der Waals surface area contributed by atoms with Crippen molar-refractivity contribution in [2.24, 2.45) is 5.41 Å². The number of nitrogens with zero attached hydrogens (tertiary/aromatic N) is 1. The van der Waals surface area contributed by atoms with Crippen LogP contribution < -0.4 is 5.32 Å². The van der Waals surface area contributed by atoms with Gasteiger partial charge in [-0.3, -0.25) is 4.98 Å². The van der Waals surface area contributed by atoms with Gasteiger partial charge in [0.15, 0.2) is 0 Å². The summed E-state index contributed by atoms with van der Waals surface area (Å²) in [6.45, 7) is 9.51. The molecule has 1 N–H and O–H groups in total. The Balaban J connectivity index is 2.03. The van der Waals surface area contributed by atoms with Gasteiger partial charge < -0.3 is 10.1 Å². The standard InChI is InChI=1S/C15H24N2O/c1-5-15(4)13(8-14(15)18-6-2)17-12-7-11(3)9-16-10-12/h7,9-10,13-14,17H,5-6,8H2,1-4H3. The maximum absolute atomic E-state index is 5.82. The second kappa shape index (κ2) is 5.27. The molecule has 1 fully saturated rings. The van der Waals surface area contributed by atoms with E-state index in [1.807, 2.05) is 12.4 Å². The molecule has 1 aromatic heterocycles. The highest BCUT2D eigenvalue weighted by atomic mass is 16.5. The fourth-order valence-corrected chi connectivity index (χ4v) is 2.81. The highest BCUT2D eigenvalue weighted by Gasteiger charge is 2.51. The Morgan fingerprint density at radius 2 is 2.22 bits per heavy atom. The molecule has 0 amide bonds. The van der Waals surface area contributed by atoms with Gasteiger partial charge in [0.25, 0.3) is 0 Å². The quantitative estimate of drug-likeness (QED) is 0.867. The summed E-state index contributed by atoms with van der Waals surface area (Å²) in [6.07, 6.45) is 6.40. The van der Waals surface area contributed by atoms with E-state index in [-0.39, 0.29) is 5.41 Å². The first-order valence-corrected chi connectivity index (χ1v) is 6.90. The van der Waals surface area contributed by atoms with Crippen LogP contribution in [0.15, 0.2) is 18.5 Å². The number of anilines is 1. The Bertz CT molecular complexity index is 407. The molecule has 0 aromatic carbocycles. The fraction of sp³-hybridized carbons (Fsp3) is 0.667. The predicted molar refractivity (Wildman–Crippen MR) is 74.8 cm³/mol. The summed E-state index contributed by atoms with van der Waals surface area (Å²) in [5.41, 5.74) is 2.55. The van der Waals surface area contributed by atoms with Gasteiger partial charge in [0.1, 0.15) is 0 Å². The summed E-state index contributed by atoms with van der Waals surface area (Å²) in [5.74, 6) is 0. The second-order valence-electron chi connectivity index (χ2n) is 5.49. The van der Waals surface area contributed by atoms with E-state index in [4.69, 9.17) is 4.74 Å². The average molecular weight is 248 g/mol. The number of hydrogen-bond donors (Lipinski definition) is 1. The van der Waals surface area contributed by atoms with E-state index in [0.717, 1.165) is 25.1 Å². The van der Waals surface area contributed by atoms with E-state index < -0.39 is 0 Å². The third-order valence-electron chi connectivity index (χ3n) is 4.33. The number of hydrogen-bond acceptors (Lipinski definition) is 3. The zero-order valence-corrected chi connectivity index (χ0v) is 11.9. The van der Waals surface area contributed by atoms with Crippen molar-refractivity contribution in [1.29, 1.82) is 0 Å². The molecule has 0 aliphatic heterocycles. The van der Waals surface area contributed by atoms with Gasteiger partial charge in [-0.1, -0.05) is 13.8 Å². The van der Waals surface area contributed by atoms with Crippen LogP contribution in [0.5, 0.6) is 0 Å². The van der Waals surface area contributed by atoms with E-state index in [1.165, 1.54) is 5.56 Å². The minimum absolute atomic E-state index is 0.236. The lowest BCUT2D eigenvalue weighted by Crippen LogP contribution is -2.59. The van der Waals surface area contributed by atoms with Crippen LogP contribution in [-0.2, 0) is 4.74 Å². The molecule has 3 heteroatoms. The Morgan fingerprint density at radius 1 is 1.44 bits per heavy atom. The molecule has 18 heavy (non-hydrogen) atoms. The van der Waals surface area contributed by atoms with Crippen LogP contribution in [0.3, 0.4) is 0 Å². The van der Waals surface area contributed by atoms with Crippen LogP contribution in [0.2, 0.25) is 0 Å². The van der Waals surface area contributed by atoms with Crippen LogP contribution in [-0.4, -0.2) is 23.7 Å². The van der Waals surface area contributed by atoms with Gasteiger partial charge in [0.2, 0.25) is 0 Å². The number of ether oxygens (including phenoxy) is 1. The largest absolute Gasteiger partial charge is 0.380 e. The van der Waals surface area contributed by atoms with Gasteiger partial charge in [-0.2, -0.15) is 0 Å². The average Bonchev–Trinajstić information content (AvgIpc) is 2.36. The Morgan fingerprint density at radius 3 is 2.83 bits per heavy atom. The SMILES string of the molecule is CCOC1CC(Nc2cncc(C)c2)C1(C)CC. The molecule has 0 bridgehead atoms. The van der Waals surface area contributed by atoms with Gasteiger partial charge >= 0.3 is 0 Å². The van der Waals surface area contributed by atoms with Crippen molar-refractivity contribution < 1.29 is 4.74 Å². The number of nitrogens with one attached hydrogen (secondary N) is 1. The van der Waals surface area contributed by atoms with Gasteiger partial charge in [-0.25, -0.2) is 0 Å². The van der Waals surface area contributed by atoms with E-state index in [0.29, 0.717) is 12.1 Å². The smallest absolute Gasteiger partial charge is 0.0667 e. The van der Waals surface area contributed by atoms with Crippen molar-refractivity contribution in [1.82, 2.24) is 4.98 Å². The predicted octanol–water partition coefficient (Wildman–Crippen LogP) is 3.40. The van der Waals surface area contributed by atoms with Gasteiger partial charge in [-0.05, 0) is 38.3 Å². The van der Waals surface area contributed by atoms with Crippen molar-refractivity contribution in [3.8, 4) is 0 Å². The Kier molecular flexibility index (Phi) is 3.91. The summed E-state index contributed by atoms with van der Waals surface area (Å²) < 4.78 is 5.82. The summed E-state index contributed by atoms with van der Waals surface area (Å²) >= 11 is 0. The molecule has 1 saturated carbocycles. The molecular formula is C15H24N2O. The molecule has 3 unspecified atom stereocenters. The van der Waals surface area contributed by atoms with Crippen LogP contribution in [0.1, 0.15) is 39.2 Å². The minimum Gasteiger partial charge on any atom is -0.380 e. The second-order valence-corrected chi connectivity index (χ2v) is 5.49. The van der Waals surface area contributed by atoms with Crippen LogP contribution in [0.4, 0.5) is 5.69 Å². The van der Waals surface area contributed by atoms with E-state index >= 15 is 0 Å². The third-order valence-corrected chi connectivity index (χ3v) is 4.33. The van der Waals surface area contributed by atoms with Crippen molar-refractivity contribution in [3.05, 3.63) is 24.0 Å². The monoisotopic (exact) mass is 248 g/mol. The van der Waals surface area contributed by atoms with Crippen LogP contribution in [0, 0.1) is 12.3 Å². The summed E-state index contributed by atoms with van der Waals surface area (Å²) in [6, 6.07) is 2.64. The maximum atomic E-state index is 5.82. The molecule has 100 valence electrons. The molecule has 1 heterocycles. The summed E-state index contributed by atoms with van der Waals surface area (Å²) in [5, 5.41) is 3.61. The normalized spacial score (nSPS) is 30.9. The van der Waals surface area contributed by atoms with Crippen molar-refractivity contribution >= 4 is 5.69 Å². The number of aromatic nitrogens is 1. The molecule has 0 radical (unpaired) electrons. The number of pyridine rings is 1. The highest BCUT2D eigenvalue weighted by molar-refractivity contribution is 5.45. The molecule has 0 spiro atoms. The summed E-state index contributed by atoms with van der Waals surface area (Å²) in [7, 11) is 0. The highest BCUT2D eigenvalue weighted by Crippen LogP contribution is 2.47. The molecule has 3 atom stereocenters. The van der Waals surface area contributed by atoms with Crippen molar-refractivity contribution in [2.45, 2.75) is 52.7 Å². The number of aryl methyl sites for hydroxylation is 1. The van der Waals surface area contributed by atoms with Crippen LogP contribution >= 0.6 is 0 Å². The first-order chi connectivity index (χ1) is 8.60. The van der Waals surface area contributed by atoms with Crippen molar-refractivity contribution in [2.75, 3.05) is 11.9 Å². The molecule has 3 nitrogen and oxygen atoms in total. The maximum Gasteiger partial charge on any atom is 0.0667 e.